The van der Waals surface area contributed by atoms with Crippen molar-refractivity contribution in [3.8, 4) is 0 Å². The Hall–Kier alpha value is -1.50. The number of benzene rings is 1. The van der Waals surface area contributed by atoms with Crippen LogP contribution in [0.5, 0.6) is 0 Å². The molecule has 1 heteroatoms. The van der Waals surface area contributed by atoms with Crippen molar-refractivity contribution in [2.24, 2.45) is 0 Å². The Kier molecular flexibility index (Phi) is 2.32. The van der Waals surface area contributed by atoms with Gasteiger partial charge in [0, 0.05) is 5.57 Å². The van der Waals surface area contributed by atoms with Gasteiger partial charge in [0.2, 0.25) is 0 Å². The quantitative estimate of drug-likeness (QED) is 0.682. The zero-order valence-electron chi connectivity index (χ0n) is 9.62. The first-order valence-electron chi connectivity index (χ1n) is 5.95. The van der Waals surface area contributed by atoms with Gasteiger partial charge in [-0.05, 0) is 42.9 Å². The van der Waals surface area contributed by atoms with Crippen molar-refractivity contribution in [1.82, 2.24) is 0 Å². The topological polar surface area (TPSA) is 9.23 Å². The summed E-state index contributed by atoms with van der Waals surface area (Å²) in [6.07, 6.45) is 5.69. The zero-order valence-corrected chi connectivity index (χ0v) is 9.62. The molecule has 0 amide bonds. The molecule has 1 aliphatic heterocycles. The third-order valence-electron chi connectivity index (χ3n) is 3.57. The van der Waals surface area contributed by atoms with E-state index in [2.05, 4.69) is 31.2 Å². The van der Waals surface area contributed by atoms with Crippen LogP contribution in [0, 0.1) is 0 Å². The van der Waals surface area contributed by atoms with Gasteiger partial charge in [-0.2, -0.15) is 0 Å². The summed E-state index contributed by atoms with van der Waals surface area (Å²) in [7, 11) is 0. The molecule has 0 radical (unpaired) electrons. The Morgan fingerprint density at radius 1 is 1.12 bits per heavy atom. The summed E-state index contributed by atoms with van der Waals surface area (Å²) in [6, 6.07) is 8.57. The van der Waals surface area contributed by atoms with E-state index in [0.29, 0.717) is 6.61 Å². The van der Waals surface area contributed by atoms with Crippen LogP contribution in [-0.2, 0) is 11.3 Å². The molecule has 1 nitrogen and oxygen atoms in total. The molecule has 3 rings (SSSR count). The van der Waals surface area contributed by atoms with Crippen molar-refractivity contribution in [2.45, 2.75) is 32.8 Å². The number of rotatable bonds is 1. The molecule has 0 fully saturated rings. The Morgan fingerprint density at radius 3 is 2.81 bits per heavy atom. The summed E-state index contributed by atoms with van der Waals surface area (Å²) < 4.78 is 5.57. The average molecular weight is 212 g/mol. The Bertz CT molecular complexity index is 480. The molecule has 0 spiro atoms. The molecule has 0 saturated carbocycles. The number of allylic oxidation sites excluding steroid dienone is 3. The van der Waals surface area contributed by atoms with E-state index >= 15 is 0 Å². The van der Waals surface area contributed by atoms with E-state index in [9.17, 15) is 0 Å². The van der Waals surface area contributed by atoms with Gasteiger partial charge in [0.1, 0.15) is 6.61 Å². The largest absolute Gasteiger partial charge is 0.496 e. The third-order valence-corrected chi connectivity index (χ3v) is 3.57. The van der Waals surface area contributed by atoms with E-state index in [1.165, 1.54) is 47.1 Å². The van der Waals surface area contributed by atoms with E-state index in [1.807, 2.05) is 6.26 Å². The molecule has 1 aromatic rings. The van der Waals surface area contributed by atoms with Gasteiger partial charge >= 0.3 is 0 Å². The van der Waals surface area contributed by atoms with Gasteiger partial charge in [0.15, 0.2) is 0 Å². The van der Waals surface area contributed by atoms with Gasteiger partial charge < -0.3 is 4.74 Å². The van der Waals surface area contributed by atoms with E-state index < -0.39 is 0 Å². The fourth-order valence-electron chi connectivity index (χ4n) is 2.68. The van der Waals surface area contributed by atoms with E-state index in [-0.39, 0.29) is 0 Å². The lowest BCUT2D eigenvalue weighted by Crippen LogP contribution is -2.03. The van der Waals surface area contributed by atoms with Crippen LogP contribution in [0.2, 0.25) is 0 Å². The first kappa shape index (κ1) is 9.71. The van der Waals surface area contributed by atoms with Gasteiger partial charge in [-0.25, -0.2) is 0 Å². The fraction of sp³-hybridized carbons (Fsp3) is 0.333. The highest BCUT2D eigenvalue weighted by Crippen LogP contribution is 2.38. The second-order valence-corrected chi connectivity index (χ2v) is 4.61. The molecule has 0 bridgehead atoms. The number of hydrogen-bond acceptors (Lipinski definition) is 1. The maximum Gasteiger partial charge on any atom is 0.113 e. The smallest absolute Gasteiger partial charge is 0.113 e. The number of fused-ring (bicyclic) bond motifs is 1. The van der Waals surface area contributed by atoms with Crippen molar-refractivity contribution in [3.63, 3.8) is 0 Å². The number of hydrogen-bond donors (Lipinski definition) is 0. The zero-order chi connectivity index (χ0) is 11.0. The van der Waals surface area contributed by atoms with Gasteiger partial charge in [-0.3, -0.25) is 0 Å². The monoisotopic (exact) mass is 212 g/mol. The minimum atomic E-state index is 0.714. The lowest BCUT2D eigenvalue weighted by molar-refractivity contribution is 0.233. The molecule has 0 saturated heterocycles. The summed E-state index contributed by atoms with van der Waals surface area (Å²) in [6.45, 7) is 2.96. The minimum Gasteiger partial charge on any atom is -0.496 e. The Labute approximate surface area is 96.4 Å². The maximum atomic E-state index is 5.57. The second kappa shape index (κ2) is 3.82. The molecular weight excluding hydrogens is 196 g/mol. The average Bonchev–Trinajstić information content (AvgIpc) is 2.75. The van der Waals surface area contributed by atoms with Crippen LogP contribution in [0.25, 0.3) is 5.57 Å². The van der Waals surface area contributed by atoms with Crippen molar-refractivity contribution in [1.29, 1.82) is 0 Å². The van der Waals surface area contributed by atoms with E-state index in [0.717, 1.165) is 0 Å². The Morgan fingerprint density at radius 2 is 2.00 bits per heavy atom. The molecule has 16 heavy (non-hydrogen) atoms. The Balaban J connectivity index is 2.09. The van der Waals surface area contributed by atoms with Crippen LogP contribution in [0.3, 0.4) is 0 Å². The highest BCUT2D eigenvalue weighted by molar-refractivity contribution is 5.82. The molecule has 1 heterocycles. The van der Waals surface area contributed by atoms with Gasteiger partial charge in [0.25, 0.3) is 0 Å². The van der Waals surface area contributed by atoms with E-state index in [1.54, 1.807) is 0 Å². The predicted molar refractivity (Wildman–Crippen MR) is 65.8 cm³/mol. The van der Waals surface area contributed by atoms with Crippen molar-refractivity contribution in [3.05, 3.63) is 52.8 Å². The molecule has 82 valence electrons. The fourth-order valence-corrected chi connectivity index (χ4v) is 2.68. The van der Waals surface area contributed by atoms with Crippen LogP contribution in [0.4, 0.5) is 0 Å². The summed E-state index contributed by atoms with van der Waals surface area (Å²) in [4.78, 5) is 0. The second-order valence-electron chi connectivity index (χ2n) is 4.61. The molecule has 2 aliphatic rings. The lowest BCUT2D eigenvalue weighted by Gasteiger charge is -2.19. The van der Waals surface area contributed by atoms with Crippen LogP contribution in [0.15, 0.2) is 41.7 Å². The highest BCUT2D eigenvalue weighted by Gasteiger charge is 2.20. The van der Waals surface area contributed by atoms with Crippen molar-refractivity contribution >= 4 is 5.57 Å². The SMILES string of the molecule is CC1=C(C2=COCc3ccccc32)CCC1. The van der Waals surface area contributed by atoms with Crippen molar-refractivity contribution in [2.75, 3.05) is 0 Å². The molecule has 0 aromatic heterocycles. The first-order chi connectivity index (χ1) is 7.86. The molecule has 1 aliphatic carbocycles. The normalized spacial score (nSPS) is 19.2. The lowest BCUT2D eigenvalue weighted by atomic mass is 9.92. The molecule has 1 aromatic carbocycles. The van der Waals surface area contributed by atoms with Gasteiger partial charge in [-0.15, -0.1) is 0 Å². The summed E-state index contributed by atoms with van der Waals surface area (Å²) in [5.74, 6) is 0. The van der Waals surface area contributed by atoms with Crippen LogP contribution >= 0.6 is 0 Å². The summed E-state index contributed by atoms with van der Waals surface area (Å²) in [5.41, 5.74) is 7.03. The first-order valence-corrected chi connectivity index (χ1v) is 5.95. The highest BCUT2D eigenvalue weighted by atomic mass is 16.5. The third kappa shape index (κ3) is 1.47. The molecular formula is C15H16O. The molecule has 0 N–H and O–H groups in total. The van der Waals surface area contributed by atoms with Gasteiger partial charge in [0.05, 0.1) is 6.26 Å². The van der Waals surface area contributed by atoms with E-state index in [4.69, 9.17) is 4.74 Å². The molecule has 0 unspecified atom stereocenters. The number of ether oxygens (including phenoxy) is 1. The van der Waals surface area contributed by atoms with Crippen LogP contribution in [-0.4, -0.2) is 0 Å². The maximum absolute atomic E-state index is 5.57. The predicted octanol–water partition coefficient (Wildman–Crippen LogP) is 4.06. The standard InChI is InChI=1S/C15H16O/c1-11-5-4-8-13(11)15-10-16-9-12-6-2-3-7-14(12)15/h2-3,6-7,10H,4-5,8-9H2,1H3. The summed E-state index contributed by atoms with van der Waals surface area (Å²) in [5, 5.41) is 0. The summed E-state index contributed by atoms with van der Waals surface area (Å²) >= 11 is 0. The minimum absolute atomic E-state index is 0.714. The van der Waals surface area contributed by atoms with Gasteiger partial charge in [-0.1, -0.05) is 29.8 Å². The van der Waals surface area contributed by atoms with Crippen LogP contribution in [0.1, 0.15) is 37.3 Å². The van der Waals surface area contributed by atoms with Crippen LogP contribution < -0.4 is 0 Å². The molecule has 0 atom stereocenters. The van der Waals surface area contributed by atoms with Crippen molar-refractivity contribution < 1.29 is 4.74 Å².